The molecule has 1 rings (SSSR count). The van der Waals surface area contributed by atoms with E-state index in [0.717, 1.165) is 0 Å². The molecule has 0 aromatic heterocycles. The van der Waals surface area contributed by atoms with Crippen LogP contribution in [0.5, 0.6) is 0 Å². The van der Waals surface area contributed by atoms with Gasteiger partial charge in [0.15, 0.2) is 0 Å². The van der Waals surface area contributed by atoms with Crippen molar-refractivity contribution in [1.29, 1.82) is 0 Å². The highest BCUT2D eigenvalue weighted by molar-refractivity contribution is 5.78. The van der Waals surface area contributed by atoms with Crippen molar-refractivity contribution < 1.29 is 14.6 Å². The van der Waals surface area contributed by atoms with Crippen LogP contribution in [0.4, 0.5) is 0 Å². The first-order valence-electron chi connectivity index (χ1n) is 3.21. The number of hydrogen-bond donors (Lipinski definition) is 2. The maximum absolute atomic E-state index is 10.5. The lowest BCUT2D eigenvalue weighted by Crippen LogP contribution is -2.57. The van der Waals surface area contributed by atoms with Gasteiger partial charge in [0.1, 0.15) is 5.54 Å². The molecule has 58 valence electrons. The highest BCUT2D eigenvalue weighted by atomic mass is 16.5. The van der Waals surface area contributed by atoms with Crippen LogP contribution in [0.25, 0.3) is 0 Å². The molecular weight excluding hydrogens is 134 g/mol. The summed E-state index contributed by atoms with van der Waals surface area (Å²) in [5, 5.41) is 11.5. The predicted octanol–water partition coefficient (Wildman–Crippen LogP) is -0.550. The van der Waals surface area contributed by atoms with Gasteiger partial charge in [-0.2, -0.15) is 0 Å². The molecular formula is C6H11NO3. The van der Waals surface area contributed by atoms with E-state index in [9.17, 15) is 4.79 Å². The van der Waals surface area contributed by atoms with Gasteiger partial charge >= 0.3 is 5.97 Å². The Kier molecular flexibility index (Phi) is 1.92. The second kappa shape index (κ2) is 2.56. The van der Waals surface area contributed by atoms with E-state index in [2.05, 4.69) is 5.32 Å². The normalized spacial score (nSPS) is 33.7. The molecule has 1 atom stereocenters. The lowest BCUT2D eigenvalue weighted by Gasteiger charge is -2.30. The predicted molar refractivity (Wildman–Crippen MR) is 34.9 cm³/mol. The number of carboxylic acid groups (broad SMARTS) is 1. The molecule has 0 bridgehead atoms. The third kappa shape index (κ3) is 1.27. The number of aliphatic carboxylic acids is 1. The molecule has 1 fully saturated rings. The van der Waals surface area contributed by atoms with Crippen LogP contribution in [0.3, 0.4) is 0 Å². The summed E-state index contributed by atoms with van der Waals surface area (Å²) < 4.78 is 5.00. The number of carbonyl (C=O) groups is 1. The van der Waals surface area contributed by atoms with Crippen LogP contribution in [0.15, 0.2) is 0 Å². The van der Waals surface area contributed by atoms with Crippen molar-refractivity contribution in [1.82, 2.24) is 5.32 Å². The third-order valence-electron chi connectivity index (χ3n) is 1.62. The van der Waals surface area contributed by atoms with E-state index in [-0.39, 0.29) is 6.61 Å². The lowest BCUT2D eigenvalue weighted by atomic mass is 10.0. The Balaban J connectivity index is 2.56. The zero-order valence-corrected chi connectivity index (χ0v) is 5.89. The molecule has 4 heteroatoms. The zero-order valence-electron chi connectivity index (χ0n) is 5.89. The maximum Gasteiger partial charge on any atom is 0.326 e. The molecule has 0 unspecified atom stereocenters. The van der Waals surface area contributed by atoms with Crippen LogP contribution in [-0.2, 0) is 9.53 Å². The van der Waals surface area contributed by atoms with E-state index in [0.29, 0.717) is 13.2 Å². The number of morpholine rings is 1. The molecule has 0 radical (unpaired) electrons. The fourth-order valence-electron chi connectivity index (χ4n) is 0.864. The number of carboxylic acids is 1. The van der Waals surface area contributed by atoms with Crippen molar-refractivity contribution in [3.63, 3.8) is 0 Å². The summed E-state index contributed by atoms with van der Waals surface area (Å²) in [6.45, 7) is 3.09. The van der Waals surface area contributed by atoms with Crippen molar-refractivity contribution in [2.45, 2.75) is 12.5 Å². The molecule has 0 spiro atoms. The summed E-state index contributed by atoms with van der Waals surface area (Å²) in [5.41, 5.74) is -0.877. The number of ether oxygens (including phenoxy) is 1. The molecule has 4 nitrogen and oxygen atoms in total. The van der Waals surface area contributed by atoms with Gasteiger partial charge in [0.05, 0.1) is 13.2 Å². The van der Waals surface area contributed by atoms with E-state index < -0.39 is 11.5 Å². The van der Waals surface area contributed by atoms with E-state index in [4.69, 9.17) is 9.84 Å². The zero-order chi connectivity index (χ0) is 7.61. The second-order valence-electron chi connectivity index (χ2n) is 2.62. The van der Waals surface area contributed by atoms with E-state index in [1.54, 1.807) is 6.92 Å². The van der Waals surface area contributed by atoms with Gasteiger partial charge in [-0.15, -0.1) is 0 Å². The largest absolute Gasteiger partial charge is 0.480 e. The van der Waals surface area contributed by atoms with Gasteiger partial charge in [0.25, 0.3) is 0 Å². The molecule has 1 heterocycles. The van der Waals surface area contributed by atoms with Crippen LogP contribution in [0, 0.1) is 0 Å². The van der Waals surface area contributed by atoms with Gasteiger partial charge in [-0.05, 0) is 6.92 Å². The molecule has 1 aliphatic rings. The average molecular weight is 145 g/mol. The molecule has 1 saturated heterocycles. The minimum Gasteiger partial charge on any atom is -0.480 e. The average Bonchev–Trinajstić information content (AvgIpc) is 1.89. The van der Waals surface area contributed by atoms with Crippen LogP contribution in [0.2, 0.25) is 0 Å². The van der Waals surface area contributed by atoms with Crippen molar-refractivity contribution in [3.05, 3.63) is 0 Å². The van der Waals surface area contributed by atoms with Crippen LogP contribution in [0.1, 0.15) is 6.92 Å². The van der Waals surface area contributed by atoms with Gasteiger partial charge < -0.3 is 9.84 Å². The Bertz CT molecular complexity index is 140. The molecule has 0 aromatic rings. The van der Waals surface area contributed by atoms with E-state index >= 15 is 0 Å². The third-order valence-corrected chi connectivity index (χ3v) is 1.62. The first-order valence-corrected chi connectivity index (χ1v) is 3.21. The smallest absolute Gasteiger partial charge is 0.326 e. The Morgan fingerprint density at radius 3 is 2.80 bits per heavy atom. The van der Waals surface area contributed by atoms with Crippen molar-refractivity contribution in [2.75, 3.05) is 19.8 Å². The maximum atomic E-state index is 10.5. The standard InChI is InChI=1S/C6H11NO3/c1-6(5(8)9)4-10-3-2-7-6/h7H,2-4H2,1H3,(H,8,9)/t6-/m0/s1. The first-order chi connectivity index (χ1) is 4.65. The van der Waals surface area contributed by atoms with E-state index in [1.807, 2.05) is 0 Å². The van der Waals surface area contributed by atoms with Gasteiger partial charge in [-0.25, -0.2) is 0 Å². The van der Waals surface area contributed by atoms with Crippen LogP contribution < -0.4 is 5.32 Å². The SMILES string of the molecule is C[C@@]1(C(=O)O)COCCN1. The number of rotatable bonds is 1. The number of nitrogens with one attached hydrogen (secondary N) is 1. The van der Waals surface area contributed by atoms with Crippen LogP contribution >= 0.6 is 0 Å². The minimum atomic E-state index is -0.877. The summed E-state index contributed by atoms with van der Waals surface area (Å²) in [4.78, 5) is 10.5. The van der Waals surface area contributed by atoms with Crippen molar-refractivity contribution >= 4 is 5.97 Å². The molecule has 0 aliphatic carbocycles. The lowest BCUT2D eigenvalue weighted by molar-refractivity contribution is -0.149. The Hall–Kier alpha value is -0.610. The van der Waals surface area contributed by atoms with Gasteiger partial charge in [0, 0.05) is 6.54 Å². The Labute approximate surface area is 59.2 Å². The topological polar surface area (TPSA) is 58.6 Å². The Morgan fingerprint density at radius 2 is 2.50 bits per heavy atom. The molecule has 0 aromatic carbocycles. The Morgan fingerprint density at radius 1 is 1.80 bits per heavy atom. The van der Waals surface area contributed by atoms with E-state index in [1.165, 1.54) is 0 Å². The highest BCUT2D eigenvalue weighted by Gasteiger charge is 2.34. The molecule has 10 heavy (non-hydrogen) atoms. The quantitative estimate of drug-likeness (QED) is 0.519. The highest BCUT2D eigenvalue weighted by Crippen LogP contribution is 2.07. The fraction of sp³-hybridized carbons (Fsp3) is 0.833. The second-order valence-corrected chi connectivity index (χ2v) is 2.62. The molecule has 2 N–H and O–H groups in total. The van der Waals surface area contributed by atoms with Gasteiger partial charge in [-0.1, -0.05) is 0 Å². The summed E-state index contributed by atoms with van der Waals surface area (Å²) in [6, 6.07) is 0. The summed E-state index contributed by atoms with van der Waals surface area (Å²) in [5.74, 6) is -0.854. The monoisotopic (exact) mass is 145 g/mol. The van der Waals surface area contributed by atoms with Crippen molar-refractivity contribution in [2.24, 2.45) is 0 Å². The molecule has 1 aliphatic heterocycles. The van der Waals surface area contributed by atoms with Crippen LogP contribution in [-0.4, -0.2) is 36.4 Å². The minimum absolute atomic E-state index is 0.252. The fourth-order valence-corrected chi connectivity index (χ4v) is 0.864. The summed E-state index contributed by atoms with van der Waals surface area (Å²) >= 11 is 0. The summed E-state index contributed by atoms with van der Waals surface area (Å²) in [6.07, 6.45) is 0. The molecule has 0 amide bonds. The number of hydrogen-bond acceptors (Lipinski definition) is 3. The summed E-state index contributed by atoms with van der Waals surface area (Å²) in [7, 11) is 0. The molecule has 0 saturated carbocycles. The van der Waals surface area contributed by atoms with Gasteiger partial charge in [0.2, 0.25) is 0 Å². The van der Waals surface area contributed by atoms with Gasteiger partial charge in [-0.3, -0.25) is 10.1 Å². The first kappa shape index (κ1) is 7.50. The van der Waals surface area contributed by atoms with Crippen molar-refractivity contribution in [3.8, 4) is 0 Å².